The Hall–Kier alpha value is -4.12. The van der Waals surface area contributed by atoms with Crippen molar-refractivity contribution in [3.05, 3.63) is 71.3 Å². The van der Waals surface area contributed by atoms with E-state index in [1.54, 1.807) is 12.1 Å². The zero-order valence-corrected chi connectivity index (χ0v) is 24.0. The molecule has 3 heterocycles. The number of hydrogen-bond acceptors (Lipinski definition) is 7. The molecule has 2 aliphatic heterocycles. The van der Waals surface area contributed by atoms with Crippen LogP contribution in [0.4, 0.5) is 4.39 Å². The second-order valence-electron chi connectivity index (χ2n) is 11.3. The third kappa shape index (κ3) is 7.02. The Balaban J connectivity index is 1.39. The van der Waals surface area contributed by atoms with E-state index in [0.717, 1.165) is 11.1 Å². The van der Waals surface area contributed by atoms with Crippen molar-refractivity contribution >= 4 is 17.7 Å². The van der Waals surface area contributed by atoms with Gasteiger partial charge < -0.3 is 20.1 Å². The fraction of sp³-hybridized carbons (Fsp3) is 0.452. The Morgan fingerprint density at radius 2 is 1.90 bits per heavy atom. The number of carbonyl (C=O) groups is 3. The van der Waals surface area contributed by atoms with Gasteiger partial charge in [0.1, 0.15) is 11.9 Å². The lowest BCUT2D eigenvalue weighted by Crippen LogP contribution is -2.54. The average Bonchev–Trinajstić information content (AvgIpc) is 3.66. The first-order valence-corrected chi connectivity index (χ1v) is 14.6. The SMILES string of the molecule is CC(C)[C@@H]1CN(Cc2noc(-c3ccccc3)n2)CC(=O)NCCCc2ccc(F)c(c2)C(=O)N2CCC[C@H]2C(=O)N1. The molecule has 0 unspecified atom stereocenters. The Morgan fingerprint density at radius 1 is 1.10 bits per heavy atom. The molecule has 2 bridgehead atoms. The van der Waals surface area contributed by atoms with E-state index < -0.39 is 17.8 Å². The number of aromatic nitrogens is 2. The number of nitrogens with zero attached hydrogens (tertiary/aromatic N) is 4. The minimum absolute atomic E-state index is 0.0198. The van der Waals surface area contributed by atoms with Crippen molar-refractivity contribution in [3.8, 4) is 11.5 Å². The molecule has 10 nitrogen and oxygen atoms in total. The highest BCUT2D eigenvalue weighted by molar-refractivity contribution is 5.98. The lowest BCUT2D eigenvalue weighted by Gasteiger charge is -2.31. The van der Waals surface area contributed by atoms with E-state index in [9.17, 15) is 18.8 Å². The molecular formula is C31H37FN6O4. The van der Waals surface area contributed by atoms with E-state index in [2.05, 4.69) is 20.8 Å². The molecule has 2 aliphatic rings. The van der Waals surface area contributed by atoms with Crippen molar-refractivity contribution in [2.75, 3.05) is 26.2 Å². The summed E-state index contributed by atoms with van der Waals surface area (Å²) in [6, 6.07) is 12.9. The van der Waals surface area contributed by atoms with E-state index in [1.807, 2.05) is 49.1 Å². The number of fused-ring (bicyclic) bond motifs is 3. The summed E-state index contributed by atoms with van der Waals surface area (Å²) in [4.78, 5) is 47.9. The largest absolute Gasteiger partial charge is 0.355 e. The highest BCUT2D eigenvalue weighted by Crippen LogP contribution is 2.24. The van der Waals surface area contributed by atoms with Crippen LogP contribution in [0.25, 0.3) is 11.5 Å². The van der Waals surface area contributed by atoms with Crippen molar-refractivity contribution in [2.45, 2.75) is 58.2 Å². The first kappa shape index (κ1) is 29.4. The monoisotopic (exact) mass is 576 g/mol. The summed E-state index contributed by atoms with van der Waals surface area (Å²) in [7, 11) is 0. The summed E-state index contributed by atoms with van der Waals surface area (Å²) in [5.41, 5.74) is 1.57. The molecule has 0 aliphatic carbocycles. The van der Waals surface area contributed by atoms with Crippen LogP contribution in [0.15, 0.2) is 53.1 Å². The Kier molecular flexibility index (Phi) is 9.26. The van der Waals surface area contributed by atoms with Crippen molar-refractivity contribution in [3.63, 3.8) is 0 Å². The van der Waals surface area contributed by atoms with Gasteiger partial charge in [0.25, 0.3) is 11.8 Å². The molecule has 1 saturated heterocycles. The normalized spacial score (nSPS) is 21.1. The zero-order chi connectivity index (χ0) is 29.6. The molecule has 1 aromatic heterocycles. The summed E-state index contributed by atoms with van der Waals surface area (Å²) in [6.07, 6.45) is 2.35. The van der Waals surface area contributed by atoms with Gasteiger partial charge in [0.2, 0.25) is 11.8 Å². The van der Waals surface area contributed by atoms with Crippen molar-refractivity contribution in [2.24, 2.45) is 5.92 Å². The molecule has 5 rings (SSSR count). The van der Waals surface area contributed by atoms with Gasteiger partial charge in [-0.25, -0.2) is 4.39 Å². The molecule has 222 valence electrons. The highest BCUT2D eigenvalue weighted by atomic mass is 19.1. The zero-order valence-electron chi connectivity index (χ0n) is 24.0. The van der Waals surface area contributed by atoms with Crippen LogP contribution in [0.3, 0.4) is 0 Å². The van der Waals surface area contributed by atoms with Gasteiger partial charge in [-0.05, 0) is 61.4 Å². The van der Waals surface area contributed by atoms with E-state index in [1.165, 1.54) is 11.0 Å². The van der Waals surface area contributed by atoms with Crippen LogP contribution >= 0.6 is 0 Å². The van der Waals surface area contributed by atoms with Crippen LogP contribution in [-0.4, -0.2) is 75.9 Å². The summed E-state index contributed by atoms with van der Waals surface area (Å²) in [6.45, 7) is 5.45. The Bertz CT molecular complexity index is 1410. The van der Waals surface area contributed by atoms with Crippen molar-refractivity contribution in [1.29, 1.82) is 0 Å². The maximum Gasteiger partial charge on any atom is 0.257 e. The molecule has 42 heavy (non-hydrogen) atoms. The molecule has 1 fully saturated rings. The maximum atomic E-state index is 14.8. The molecule has 2 N–H and O–H groups in total. The smallest absolute Gasteiger partial charge is 0.257 e. The number of halogens is 1. The summed E-state index contributed by atoms with van der Waals surface area (Å²) >= 11 is 0. The minimum atomic E-state index is -0.695. The molecule has 11 heteroatoms. The van der Waals surface area contributed by atoms with Gasteiger partial charge in [0.05, 0.1) is 18.7 Å². The van der Waals surface area contributed by atoms with E-state index in [0.29, 0.717) is 57.0 Å². The predicted octanol–water partition coefficient (Wildman–Crippen LogP) is 3.19. The van der Waals surface area contributed by atoms with Crippen LogP contribution in [-0.2, 0) is 22.6 Å². The highest BCUT2D eigenvalue weighted by Gasteiger charge is 2.37. The summed E-state index contributed by atoms with van der Waals surface area (Å²) in [5, 5.41) is 10.2. The lowest BCUT2D eigenvalue weighted by molar-refractivity contribution is -0.126. The van der Waals surface area contributed by atoms with Gasteiger partial charge >= 0.3 is 0 Å². The van der Waals surface area contributed by atoms with Gasteiger partial charge in [0, 0.05) is 31.2 Å². The quantitative estimate of drug-likeness (QED) is 0.490. The van der Waals surface area contributed by atoms with Crippen LogP contribution in [0.5, 0.6) is 0 Å². The van der Waals surface area contributed by atoms with E-state index in [4.69, 9.17) is 4.52 Å². The first-order chi connectivity index (χ1) is 20.3. The molecule has 3 amide bonds. The molecule has 0 radical (unpaired) electrons. The second kappa shape index (κ2) is 13.2. The average molecular weight is 577 g/mol. The topological polar surface area (TPSA) is 121 Å². The Morgan fingerprint density at radius 3 is 2.69 bits per heavy atom. The number of aryl methyl sites for hydroxylation is 1. The number of hydrogen-bond donors (Lipinski definition) is 2. The first-order valence-electron chi connectivity index (χ1n) is 14.6. The summed E-state index contributed by atoms with van der Waals surface area (Å²) in [5.74, 6) is -0.693. The molecule has 2 aromatic carbocycles. The molecule has 2 atom stereocenters. The van der Waals surface area contributed by atoms with Crippen LogP contribution in [0, 0.1) is 11.7 Å². The van der Waals surface area contributed by atoms with Crippen molar-refractivity contribution in [1.82, 2.24) is 30.6 Å². The number of rotatable bonds is 4. The molecule has 0 spiro atoms. The summed E-state index contributed by atoms with van der Waals surface area (Å²) < 4.78 is 20.2. The van der Waals surface area contributed by atoms with Gasteiger partial charge in [0.15, 0.2) is 5.82 Å². The lowest BCUT2D eigenvalue weighted by atomic mass is 10.0. The van der Waals surface area contributed by atoms with E-state index in [-0.39, 0.29) is 42.4 Å². The number of nitrogens with one attached hydrogen (secondary N) is 2. The van der Waals surface area contributed by atoms with Crippen molar-refractivity contribution < 1.29 is 23.3 Å². The molecule has 3 aromatic rings. The molecule has 0 saturated carbocycles. The van der Waals surface area contributed by atoms with Gasteiger partial charge in [-0.15, -0.1) is 0 Å². The van der Waals surface area contributed by atoms with Gasteiger partial charge in [-0.2, -0.15) is 4.98 Å². The van der Waals surface area contributed by atoms with Gasteiger partial charge in [-0.1, -0.05) is 43.3 Å². The second-order valence-corrected chi connectivity index (χ2v) is 11.3. The predicted molar refractivity (Wildman–Crippen MR) is 154 cm³/mol. The standard InChI is InChI=1S/C31H37FN6O4/c1-20(2)25-17-37(18-27-35-30(42-36-27)22-9-4-3-5-10-22)19-28(39)33-14-6-8-21-12-13-24(32)23(16-21)31(41)38-15-7-11-26(38)29(40)34-25/h3-5,9-10,12-13,16,20,25-26H,6-8,11,14-15,17-19H2,1-2H3,(H,33,39)(H,34,40)/t25-,26-/m0/s1. The third-order valence-corrected chi connectivity index (χ3v) is 7.85. The van der Waals surface area contributed by atoms with E-state index >= 15 is 0 Å². The van der Waals surface area contributed by atoms with Gasteiger partial charge in [-0.3, -0.25) is 19.3 Å². The number of carbonyl (C=O) groups excluding carboxylic acids is 3. The van der Waals surface area contributed by atoms with Crippen LogP contribution < -0.4 is 10.6 Å². The number of amides is 3. The maximum absolute atomic E-state index is 14.8. The minimum Gasteiger partial charge on any atom is -0.355 e. The fourth-order valence-corrected chi connectivity index (χ4v) is 5.49. The molecular weight excluding hydrogens is 539 g/mol. The Labute approximate surface area is 244 Å². The van der Waals surface area contributed by atoms with Crippen LogP contribution in [0.2, 0.25) is 0 Å². The third-order valence-electron chi connectivity index (χ3n) is 7.85. The number of benzene rings is 2. The fourth-order valence-electron chi connectivity index (χ4n) is 5.49. The van der Waals surface area contributed by atoms with Crippen LogP contribution in [0.1, 0.15) is 54.9 Å².